The van der Waals surface area contributed by atoms with Crippen molar-refractivity contribution < 1.29 is 23.6 Å². The van der Waals surface area contributed by atoms with Crippen LogP contribution in [0.15, 0.2) is 97.2 Å². The van der Waals surface area contributed by atoms with Gasteiger partial charge in [0.25, 0.3) is 5.69 Å². The summed E-state index contributed by atoms with van der Waals surface area (Å²) in [6.07, 6.45) is 2.60. The molecule has 1 heterocycles. The summed E-state index contributed by atoms with van der Waals surface area (Å²) in [7, 11) is 3.15. The summed E-state index contributed by atoms with van der Waals surface area (Å²) in [5.41, 5.74) is 4.31. The number of amides is 1. The molecule has 0 saturated carbocycles. The maximum absolute atomic E-state index is 13.9. The van der Waals surface area contributed by atoms with Crippen molar-refractivity contribution in [1.82, 2.24) is 9.88 Å². The van der Waals surface area contributed by atoms with Crippen molar-refractivity contribution in [2.75, 3.05) is 20.8 Å². The fraction of sp³-hybridized carbons (Fsp3) is 0.206. The summed E-state index contributed by atoms with van der Waals surface area (Å²) >= 11 is 0. The van der Waals surface area contributed by atoms with Crippen LogP contribution in [0.5, 0.6) is 11.5 Å². The van der Waals surface area contributed by atoms with Crippen molar-refractivity contribution in [2.24, 2.45) is 0 Å². The second-order valence-corrected chi connectivity index (χ2v) is 10.3. The molecule has 1 amide bonds. The van der Waals surface area contributed by atoms with E-state index in [2.05, 4.69) is 5.32 Å². The topological polar surface area (TPSA) is 95.6 Å². The smallest absolute Gasteiger partial charge is 0.270 e. The highest BCUT2D eigenvalue weighted by atomic mass is 19.1. The number of nitrogens with zero attached hydrogens (tertiary/aromatic N) is 2. The third-order valence-corrected chi connectivity index (χ3v) is 7.52. The average Bonchev–Trinajstić information content (AvgIpc) is 3.37. The minimum atomic E-state index is -0.469. The molecule has 0 spiro atoms. The van der Waals surface area contributed by atoms with Crippen LogP contribution >= 0.6 is 0 Å². The summed E-state index contributed by atoms with van der Waals surface area (Å²) in [4.78, 5) is 24.6. The van der Waals surface area contributed by atoms with E-state index in [1.54, 1.807) is 38.5 Å². The molecule has 0 aliphatic carbocycles. The number of hydrogen-bond acceptors (Lipinski definition) is 5. The predicted molar refractivity (Wildman–Crippen MR) is 163 cm³/mol. The zero-order valence-corrected chi connectivity index (χ0v) is 24.0. The van der Waals surface area contributed by atoms with Gasteiger partial charge in [-0.05, 0) is 59.0 Å². The quantitative estimate of drug-likeness (QED) is 0.132. The van der Waals surface area contributed by atoms with Crippen molar-refractivity contribution in [3.05, 3.63) is 135 Å². The fourth-order valence-electron chi connectivity index (χ4n) is 5.36. The molecule has 0 aliphatic heterocycles. The Bertz CT molecular complexity index is 1740. The van der Waals surface area contributed by atoms with Crippen LogP contribution in [0, 0.1) is 15.9 Å². The number of carbonyl (C=O) groups excluding carboxylic acids is 1. The first-order chi connectivity index (χ1) is 20.9. The van der Waals surface area contributed by atoms with Gasteiger partial charge in [0.15, 0.2) is 11.5 Å². The molecule has 43 heavy (non-hydrogen) atoms. The largest absolute Gasteiger partial charge is 0.493 e. The molecule has 8 nitrogen and oxygen atoms in total. The third kappa shape index (κ3) is 6.83. The normalized spacial score (nSPS) is 11.7. The number of carbonyl (C=O) groups is 1. The molecule has 4 aromatic carbocycles. The molecule has 220 valence electrons. The van der Waals surface area contributed by atoms with Gasteiger partial charge < -0.3 is 19.4 Å². The first kappa shape index (κ1) is 29.3. The van der Waals surface area contributed by atoms with E-state index in [1.807, 2.05) is 59.3 Å². The second-order valence-electron chi connectivity index (χ2n) is 10.3. The van der Waals surface area contributed by atoms with Crippen LogP contribution in [0.4, 0.5) is 10.1 Å². The lowest BCUT2D eigenvalue weighted by molar-refractivity contribution is -0.384. The van der Waals surface area contributed by atoms with E-state index >= 15 is 0 Å². The van der Waals surface area contributed by atoms with E-state index in [4.69, 9.17) is 9.47 Å². The van der Waals surface area contributed by atoms with Gasteiger partial charge in [-0.3, -0.25) is 14.9 Å². The van der Waals surface area contributed by atoms with Crippen LogP contribution in [0.1, 0.15) is 34.6 Å². The van der Waals surface area contributed by atoms with Crippen molar-refractivity contribution in [1.29, 1.82) is 0 Å². The standard InChI is InChI=1S/C34H32FN3O5/c1-42-32-15-8-23(18-33(32)43-2)16-17-36-34(39)20-28(25-9-11-26(35)12-10-25)30-22-37(21-24-6-4-3-5-7-24)31-14-13-27(38(40)41)19-29(30)31/h3-15,18-19,22,28H,16-17,20-21H2,1-2H3,(H,36,39)/t28-/m1/s1. The SMILES string of the molecule is COc1ccc(CCNC(=O)C[C@H](c2ccc(F)cc2)c2cn(Cc3ccccc3)c3ccc([N+](=O)[O-])cc23)cc1OC. The average molecular weight is 582 g/mol. The number of fused-ring (bicyclic) bond motifs is 1. The lowest BCUT2D eigenvalue weighted by Gasteiger charge is -2.17. The van der Waals surface area contributed by atoms with Gasteiger partial charge in [0, 0.05) is 54.7 Å². The monoisotopic (exact) mass is 581 g/mol. The lowest BCUT2D eigenvalue weighted by Crippen LogP contribution is -2.27. The van der Waals surface area contributed by atoms with Crippen molar-refractivity contribution in [2.45, 2.75) is 25.3 Å². The Labute approximate surface area is 248 Å². The molecule has 9 heteroatoms. The van der Waals surface area contributed by atoms with Gasteiger partial charge in [-0.1, -0.05) is 48.5 Å². The summed E-state index contributed by atoms with van der Waals surface area (Å²) < 4.78 is 26.6. The minimum Gasteiger partial charge on any atom is -0.493 e. The lowest BCUT2D eigenvalue weighted by atomic mass is 9.88. The van der Waals surface area contributed by atoms with E-state index < -0.39 is 10.8 Å². The maximum atomic E-state index is 13.9. The van der Waals surface area contributed by atoms with E-state index in [0.717, 1.165) is 27.8 Å². The highest BCUT2D eigenvalue weighted by molar-refractivity contribution is 5.88. The molecule has 0 radical (unpaired) electrons. The molecular formula is C34H32FN3O5. The van der Waals surface area contributed by atoms with E-state index in [-0.39, 0.29) is 23.8 Å². The summed E-state index contributed by atoms with van der Waals surface area (Å²) in [5, 5.41) is 15.4. The van der Waals surface area contributed by atoms with Gasteiger partial charge >= 0.3 is 0 Å². The molecule has 0 unspecified atom stereocenters. The summed E-state index contributed by atoms with van der Waals surface area (Å²) in [6, 6.07) is 26.3. The molecule has 0 aliphatic rings. The van der Waals surface area contributed by atoms with E-state index in [9.17, 15) is 19.3 Å². The number of hydrogen-bond donors (Lipinski definition) is 1. The number of methoxy groups -OCH3 is 2. The number of nitro benzene ring substituents is 1. The van der Waals surface area contributed by atoms with E-state index in [0.29, 0.717) is 36.4 Å². The number of nitro groups is 1. The molecule has 1 aromatic heterocycles. The first-order valence-electron chi connectivity index (χ1n) is 13.9. The number of aromatic nitrogens is 1. The molecule has 0 bridgehead atoms. The number of ether oxygens (including phenoxy) is 2. The highest BCUT2D eigenvalue weighted by Crippen LogP contribution is 2.37. The second kappa shape index (κ2) is 13.2. The Balaban J connectivity index is 1.45. The highest BCUT2D eigenvalue weighted by Gasteiger charge is 2.24. The third-order valence-electron chi connectivity index (χ3n) is 7.52. The van der Waals surface area contributed by atoms with Crippen LogP contribution < -0.4 is 14.8 Å². The van der Waals surface area contributed by atoms with Gasteiger partial charge in [-0.15, -0.1) is 0 Å². The Hall–Kier alpha value is -5.18. The zero-order chi connectivity index (χ0) is 30.3. The van der Waals surface area contributed by atoms with E-state index in [1.165, 1.54) is 18.2 Å². The summed E-state index contributed by atoms with van der Waals surface area (Å²) in [5.74, 6) is 0.198. The van der Waals surface area contributed by atoms with Crippen molar-refractivity contribution in [3.8, 4) is 11.5 Å². The molecule has 5 rings (SSSR count). The van der Waals surface area contributed by atoms with Crippen LogP contribution in [0.25, 0.3) is 10.9 Å². The van der Waals surface area contributed by atoms with Gasteiger partial charge in [-0.25, -0.2) is 4.39 Å². The van der Waals surface area contributed by atoms with Crippen molar-refractivity contribution >= 4 is 22.5 Å². The molecule has 0 saturated heterocycles. The Kier molecular flexibility index (Phi) is 9.00. The number of halogens is 1. The summed E-state index contributed by atoms with van der Waals surface area (Å²) in [6.45, 7) is 0.939. The Morgan fingerprint density at radius 3 is 2.37 bits per heavy atom. The van der Waals surface area contributed by atoms with Crippen LogP contribution in [-0.2, 0) is 17.8 Å². The number of nitrogens with one attached hydrogen (secondary N) is 1. The van der Waals surface area contributed by atoms with Crippen molar-refractivity contribution in [3.63, 3.8) is 0 Å². The molecule has 1 N–H and O–H groups in total. The Morgan fingerprint density at radius 2 is 1.67 bits per heavy atom. The van der Waals surface area contributed by atoms with Crippen LogP contribution in [0.2, 0.25) is 0 Å². The zero-order valence-electron chi connectivity index (χ0n) is 24.0. The maximum Gasteiger partial charge on any atom is 0.270 e. The molecule has 0 fully saturated rings. The van der Waals surface area contributed by atoms with Crippen LogP contribution in [0.3, 0.4) is 0 Å². The van der Waals surface area contributed by atoms with Gasteiger partial charge in [0.2, 0.25) is 5.91 Å². The Morgan fingerprint density at radius 1 is 0.930 bits per heavy atom. The first-order valence-corrected chi connectivity index (χ1v) is 13.9. The van der Waals surface area contributed by atoms with Gasteiger partial charge in [0.05, 0.1) is 19.1 Å². The minimum absolute atomic E-state index is 0.0385. The van der Waals surface area contributed by atoms with Gasteiger partial charge in [0.1, 0.15) is 5.82 Å². The number of non-ortho nitro benzene ring substituents is 1. The molecule has 1 atom stereocenters. The fourth-order valence-corrected chi connectivity index (χ4v) is 5.36. The predicted octanol–water partition coefficient (Wildman–Crippen LogP) is 6.64. The molecular weight excluding hydrogens is 549 g/mol. The van der Waals surface area contributed by atoms with Crippen LogP contribution in [-0.4, -0.2) is 36.2 Å². The number of rotatable bonds is 12. The number of benzene rings is 4. The molecule has 5 aromatic rings. The van der Waals surface area contributed by atoms with Gasteiger partial charge in [-0.2, -0.15) is 0 Å².